The zero-order valence-corrected chi connectivity index (χ0v) is 23.6. The van der Waals surface area contributed by atoms with Crippen LogP contribution in [0.2, 0.25) is 25.7 Å². The Hall–Kier alpha value is -2.49. The Morgan fingerprint density at radius 3 is 2.63 bits per heavy atom. The van der Waals surface area contributed by atoms with E-state index in [4.69, 9.17) is 14.7 Å². The summed E-state index contributed by atoms with van der Waals surface area (Å²) in [5, 5.41) is 2.69. The summed E-state index contributed by atoms with van der Waals surface area (Å²) in [6.07, 6.45) is 4.26. The molecule has 3 aromatic rings. The van der Waals surface area contributed by atoms with E-state index in [9.17, 15) is 4.79 Å². The van der Waals surface area contributed by atoms with Crippen molar-refractivity contribution in [2.75, 3.05) is 19.0 Å². The number of hydrogen-bond donors (Lipinski definition) is 1. The summed E-state index contributed by atoms with van der Waals surface area (Å²) >= 11 is 3.57. The van der Waals surface area contributed by atoms with Crippen molar-refractivity contribution in [1.82, 2.24) is 14.5 Å². The summed E-state index contributed by atoms with van der Waals surface area (Å²) in [7, 11) is 0.159. The van der Waals surface area contributed by atoms with Crippen LogP contribution in [0.15, 0.2) is 47.2 Å². The summed E-state index contributed by atoms with van der Waals surface area (Å²) in [5.41, 5.74) is 5.03. The number of nitrogens with zero attached hydrogens (tertiary/aromatic N) is 3. The minimum absolute atomic E-state index is 0.114. The highest BCUT2D eigenvalue weighted by molar-refractivity contribution is 9.10. The number of anilines is 1. The smallest absolute Gasteiger partial charge is 0.411 e. The summed E-state index contributed by atoms with van der Waals surface area (Å²) in [6, 6.07) is 11.0. The predicted octanol–water partition coefficient (Wildman–Crippen LogP) is 6.84. The second-order valence-corrected chi connectivity index (χ2v) is 16.8. The van der Waals surface area contributed by atoms with Gasteiger partial charge in [0.2, 0.25) is 0 Å². The van der Waals surface area contributed by atoms with Gasteiger partial charge < -0.3 is 14.0 Å². The molecule has 0 radical (unpaired) electrons. The first-order valence-corrected chi connectivity index (χ1v) is 16.4. The molecule has 1 aromatic carbocycles. The molecule has 9 heteroatoms. The van der Waals surface area contributed by atoms with Gasteiger partial charge in [0.15, 0.2) is 0 Å². The summed E-state index contributed by atoms with van der Waals surface area (Å²) < 4.78 is 14.1. The number of rotatable bonds is 8. The van der Waals surface area contributed by atoms with Gasteiger partial charge in [0.05, 0.1) is 30.6 Å². The van der Waals surface area contributed by atoms with Crippen molar-refractivity contribution >= 4 is 35.8 Å². The molecule has 0 fully saturated rings. The quantitative estimate of drug-likeness (QED) is 0.243. The maximum Gasteiger partial charge on any atom is 0.411 e. The number of pyridine rings is 1. The lowest BCUT2D eigenvalue weighted by molar-refractivity contribution is 0.0856. The summed E-state index contributed by atoms with van der Waals surface area (Å²) in [6.45, 7) is 10.5. The van der Waals surface area contributed by atoms with Crippen molar-refractivity contribution in [3.05, 3.63) is 64.3 Å². The molecule has 2 unspecified atom stereocenters. The van der Waals surface area contributed by atoms with Gasteiger partial charge in [0.25, 0.3) is 0 Å². The van der Waals surface area contributed by atoms with Crippen LogP contribution in [0.3, 0.4) is 0 Å². The number of imidazole rings is 1. The Morgan fingerprint density at radius 1 is 1.20 bits per heavy atom. The summed E-state index contributed by atoms with van der Waals surface area (Å²) in [4.78, 5) is 21.2. The number of halogens is 1. The molecule has 1 aliphatic rings. The maximum atomic E-state index is 11.5. The minimum Gasteiger partial charge on any atom is -0.453 e. The largest absolute Gasteiger partial charge is 0.453 e. The molecular weight excluding hydrogens is 524 g/mol. The molecule has 1 N–H and O–H groups in total. The van der Waals surface area contributed by atoms with Crippen molar-refractivity contribution in [3.63, 3.8) is 0 Å². The maximum absolute atomic E-state index is 11.5. The third-order valence-corrected chi connectivity index (χ3v) is 8.53. The van der Waals surface area contributed by atoms with Crippen molar-refractivity contribution in [1.29, 1.82) is 0 Å². The molecule has 0 bridgehead atoms. The van der Waals surface area contributed by atoms with E-state index >= 15 is 0 Å². The van der Waals surface area contributed by atoms with E-state index in [-0.39, 0.29) is 5.92 Å². The number of fused-ring (bicyclic) bond motifs is 1. The third kappa shape index (κ3) is 6.02. The molecule has 2 atom stereocenters. The second kappa shape index (κ2) is 10.6. The summed E-state index contributed by atoms with van der Waals surface area (Å²) in [5.74, 6) is 1.50. The van der Waals surface area contributed by atoms with Crippen LogP contribution in [0.25, 0.3) is 11.3 Å². The number of aromatic nitrogens is 3. The Balaban J connectivity index is 1.66. The van der Waals surface area contributed by atoms with Crippen molar-refractivity contribution in [2.24, 2.45) is 0 Å². The van der Waals surface area contributed by atoms with Crippen LogP contribution in [0.5, 0.6) is 0 Å². The average Bonchev–Trinajstić information content (AvgIpc) is 3.37. The Morgan fingerprint density at radius 2 is 1.94 bits per heavy atom. The molecule has 2 aromatic heterocycles. The van der Waals surface area contributed by atoms with Gasteiger partial charge in [-0.1, -0.05) is 38.7 Å². The number of methoxy groups -OCH3 is 1. The third-order valence-electron chi connectivity index (χ3n) is 6.39. The fourth-order valence-corrected chi connectivity index (χ4v) is 5.54. The molecule has 0 aliphatic heterocycles. The van der Waals surface area contributed by atoms with Gasteiger partial charge >= 0.3 is 6.09 Å². The zero-order chi connectivity index (χ0) is 25.2. The highest BCUT2D eigenvalue weighted by Crippen LogP contribution is 2.45. The van der Waals surface area contributed by atoms with E-state index in [1.54, 1.807) is 0 Å². The molecule has 0 spiro atoms. The van der Waals surface area contributed by atoms with Crippen LogP contribution in [0, 0.1) is 0 Å². The topological polar surface area (TPSA) is 78.3 Å². The van der Waals surface area contributed by atoms with Crippen molar-refractivity contribution in [3.8, 4) is 11.3 Å². The van der Waals surface area contributed by atoms with Gasteiger partial charge in [-0.2, -0.15) is 0 Å². The number of ether oxygens (including phenoxy) is 2. The molecular formula is C26H33BrN4O3Si. The van der Waals surface area contributed by atoms with Crippen LogP contribution in [-0.2, 0) is 16.2 Å². The first-order chi connectivity index (χ1) is 16.7. The van der Waals surface area contributed by atoms with Gasteiger partial charge in [-0.15, -0.1) is 0 Å². The molecule has 4 rings (SSSR count). The Kier molecular flexibility index (Phi) is 7.78. The molecule has 2 heterocycles. The van der Waals surface area contributed by atoms with Gasteiger partial charge in [0, 0.05) is 31.0 Å². The molecule has 35 heavy (non-hydrogen) atoms. The fourth-order valence-electron chi connectivity index (χ4n) is 4.43. The number of amides is 1. The normalized spacial score (nSPS) is 17.3. The van der Waals surface area contributed by atoms with Crippen molar-refractivity contribution in [2.45, 2.75) is 57.6 Å². The highest BCUT2D eigenvalue weighted by Gasteiger charge is 2.34. The first-order valence-electron chi connectivity index (χ1n) is 11.9. The fraction of sp³-hybridized carbons (Fsp3) is 0.423. The van der Waals surface area contributed by atoms with E-state index in [1.807, 2.05) is 36.7 Å². The first kappa shape index (κ1) is 25.6. The van der Waals surface area contributed by atoms with Crippen LogP contribution >= 0.6 is 15.9 Å². The SMILES string of the molecule is COC(=O)Nc1ccc(-c2cnc(C3CC(C)c4cc(Br)cnc43)n2COCC[Si](C)(C)C)cc1. The number of carbonyl (C=O) groups excluding carboxylic acids is 1. The lowest BCUT2D eigenvalue weighted by Gasteiger charge is -2.19. The predicted molar refractivity (Wildman–Crippen MR) is 145 cm³/mol. The standard InChI is InChI=1S/C26H33BrN4O3Si/c1-17-12-22(24-21(17)13-19(27)14-28-24)25-29-15-23(31(25)16-34-10-11-35(3,4)5)18-6-8-20(9-7-18)30-26(32)33-2/h6-9,13-15,17,22H,10-12,16H2,1-5H3,(H,30,32). The van der Waals surface area contributed by atoms with E-state index in [0.29, 0.717) is 18.3 Å². The average molecular weight is 558 g/mol. The van der Waals surface area contributed by atoms with Crippen molar-refractivity contribution < 1.29 is 14.3 Å². The van der Waals surface area contributed by atoms with Gasteiger partial charge in [-0.05, 0) is 63.6 Å². The zero-order valence-electron chi connectivity index (χ0n) is 21.0. The number of nitrogens with one attached hydrogen (secondary N) is 1. The lowest BCUT2D eigenvalue weighted by atomic mass is 10.0. The van der Waals surface area contributed by atoms with E-state index in [0.717, 1.165) is 46.3 Å². The Labute approximate surface area is 216 Å². The van der Waals surface area contributed by atoms with Crippen LogP contribution in [0.4, 0.5) is 10.5 Å². The highest BCUT2D eigenvalue weighted by atomic mass is 79.9. The van der Waals surface area contributed by atoms with E-state index in [1.165, 1.54) is 12.7 Å². The molecule has 1 amide bonds. The molecule has 7 nitrogen and oxygen atoms in total. The Bertz CT molecular complexity index is 1190. The second-order valence-electron chi connectivity index (χ2n) is 10.3. The molecule has 186 valence electrons. The number of hydrogen-bond acceptors (Lipinski definition) is 5. The molecule has 1 aliphatic carbocycles. The molecule has 0 saturated heterocycles. The van der Waals surface area contributed by atoms with Crippen LogP contribution < -0.4 is 5.32 Å². The lowest BCUT2D eigenvalue weighted by Crippen LogP contribution is -2.22. The number of carbonyl (C=O) groups is 1. The van der Waals surface area contributed by atoms with Gasteiger partial charge in [-0.3, -0.25) is 10.3 Å². The minimum atomic E-state index is -1.19. The monoisotopic (exact) mass is 556 g/mol. The van der Waals surface area contributed by atoms with Gasteiger partial charge in [-0.25, -0.2) is 9.78 Å². The van der Waals surface area contributed by atoms with Gasteiger partial charge in [0.1, 0.15) is 12.6 Å². The molecule has 0 saturated carbocycles. The van der Waals surface area contributed by atoms with E-state index < -0.39 is 14.2 Å². The number of benzene rings is 1. The van der Waals surface area contributed by atoms with E-state index in [2.05, 4.69) is 63.2 Å². The van der Waals surface area contributed by atoms with Crippen LogP contribution in [0.1, 0.15) is 42.3 Å². The van der Waals surface area contributed by atoms with Crippen LogP contribution in [-0.4, -0.2) is 42.4 Å².